The fourth-order valence-electron chi connectivity index (χ4n) is 2.70. The maximum absolute atomic E-state index is 12.5. The number of sulfonamides is 1. The number of para-hydroxylation sites is 1. The maximum atomic E-state index is 12.5. The molecular weight excluding hydrogens is 360 g/mol. The van der Waals surface area contributed by atoms with Gasteiger partial charge in [0.2, 0.25) is 0 Å². The lowest BCUT2D eigenvalue weighted by Crippen LogP contribution is -2.53. The number of amides is 1. The number of carbonyl (C=O) groups is 1. The minimum Gasteiger partial charge on any atom is -0.481 e. The second kappa shape index (κ2) is 7.55. The predicted molar refractivity (Wildman–Crippen MR) is 96.2 cm³/mol. The SMILES string of the molecule is C[C@@H](Oc1ccccc1)C(=O)N1CCN(S(=O)(=O)c2cccs2)CC1. The molecule has 1 aromatic heterocycles. The van der Waals surface area contributed by atoms with Crippen LogP contribution in [-0.2, 0) is 14.8 Å². The van der Waals surface area contributed by atoms with Crippen molar-refractivity contribution in [1.82, 2.24) is 9.21 Å². The molecule has 25 heavy (non-hydrogen) atoms. The maximum Gasteiger partial charge on any atom is 0.263 e. The highest BCUT2D eigenvalue weighted by molar-refractivity contribution is 7.91. The molecule has 0 spiro atoms. The summed E-state index contributed by atoms with van der Waals surface area (Å²) >= 11 is 1.21. The average molecular weight is 380 g/mol. The van der Waals surface area contributed by atoms with Gasteiger partial charge in [-0.1, -0.05) is 24.3 Å². The highest BCUT2D eigenvalue weighted by Gasteiger charge is 2.32. The highest BCUT2D eigenvalue weighted by atomic mass is 32.2. The Hall–Kier alpha value is -1.90. The predicted octanol–water partition coefficient (Wildman–Crippen LogP) is 2.05. The molecule has 0 N–H and O–H groups in total. The van der Waals surface area contributed by atoms with Crippen LogP contribution < -0.4 is 4.74 Å². The molecule has 3 rings (SSSR count). The Morgan fingerprint density at radius 3 is 2.36 bits per heavy atom. The zero-order valence-corrected chi connectivity index (χ0v) is 15.5. The molecule has 0 radical (unpaired) electrons. The number of nitrogens with zero attached hydrogens (tertiary/aromatic N) is 2. The first kappa shape index (κ1) is 17.9. The average Bonchev–Trinajstić information content (AvgIpc) is 3.17. The summed E-state index contributed by atoms with van der Waals surface area (Å²) in [6, 6.07) is 12.5. The molecule has 2 aromatic rings. The van der Waals surface area contributed by atoms with Gasteiger partial charge in [0.1, 0.15) is 9.96 Å². The number of hydrogen-bond acceptors (Lipinski definition) is 5. The van der Waals surface area contributed by atoms with Gasteiger partial charge in [-0.3, -0.25) is 4.79 Å². The highest BCUT2D eigenvalue weighted by Crippen LogP contribution is 2.22. The van der Waals surface area contributed by atoms with Crippen LogP contribution in [0.5, 0.6) is 5.75 Å². The van der Waals surface area contributed by atoms with Crippen molar-refractivity contribution in [3.8, 4) is 5.75 Å². The molecule has 0 saturated carbocycles. The van der Waals surface area contributed by atoms with Crippen molar-refractivity contribution in [3.63, 3.8) is 0 Å². The van der Waals surface area contributed by atoms with Crippen molar-refractivity contribution in [2.75, 3.05) is 26.2 Å². The Balaban J connectivity index is 1.57. The topological polar surface area (TPSA) is 66.9 Å². The molecule has 1 aliphatic heterocycles. The van der Waals surface area contributed by atoms with Crippen LogP contribution in [0.25, 0.3) is 0 Å². The standard InChI is InChI=1S/C17H20N2O4S2/c1-14(23-15-6-3-2-4-7-15)17(20)18-9-11-19(12-10-18)25(21,22)16-8-5-13-24-16/h2-8,13-14H,9-12H2,1H3/t14-/m1/s1. The molecule has 134 valence electrons. The summed E-state index contributed by atoms with van der Waals surface area (Å²) < 4.78 is 32.5. The number of rotatable bonds is 5. The van der Waals surface area contributed by atoms with Gasteiger partial charge in [-0.05, 0) is 30.5 Å². The monoisotopic (exact) mass is 380 g/mol. The summed E-state index contributed by atoms with van der Waals surface area (Å²) in [6.45, 7) is 3.04. The molecule has 1 amide bonds. The van der Waals surface area contributed by atoms with E-state index in [2.05, 4.69) is 0 Å². The van der Waals surface area contributed by atoms with Gasteiger partial charge >= 0.3 is 0 Å². The van der Waals surface area contributed by atoms with E-state index in [1.165, 1.54) is 15.6 Å². The zero-order valence-electron chi connectivity index (χ0n) is 13.9. The van der Waals surface area contributed by atoms with Crippen LogP contribution in [0.2, 0.25) is 0 Å². The Kier molecular flexibility index (Phi) is 5.41. The van der Waals surface area contributed by atoms with E-state index in [1.807, 2.05) is 18.2 Å². The fourth-order valence-corrected chi connectivity index (χ4v) is 5.26. The number of hydrogen-bond donors (Lipinski definition) is 0. The van der Waals surface area contributed by atoms with Gasteiger partial charge in [0.25, 0.3) is 15.9 Å². The second-order valence-electron chi connectivity index (χ2n) is 5.73. The van der Waals surface area contributed by atoms with Crippen LogP contribution in [0, 0.1) is 0 Å². The van der Waals surface area contributed by atoms with E-state index in [9.17, 15) is 13.2 Å². The van der Waals surface area contributed by atoms with Gasteiger partial charge < -0.3 is 9.64 Å². The molecule has 0 bridgehead atoms. The number of carbonyl (C=O) groups excluding carboxylic acids is 1. The smallest absolute Gasteiger partial charge is 0.263 e. The molecule has 0 aliphatic carbocycles. The third-order valence-electron chi connectivity index (χ3n) is 4.04. The molecule has 2 heterocycles. The fraction of sp³-hybridized carbons (Fsp3) is 0.353. The first-order valence-corrected chi connectivity index (χ1v) is 10.3. The van der Waals surface area contributed by atoms with Crippen LogP contribution >= 0.6 is 11.3 Å². The van der Waals surface area contributed by atoms with Gasteiger partial charge in [0, 0.05) is 26.2 Å². The molecule has 1 fully saturated rings. The first-order chi connectivity index (χ1) is 12.0. The van der Waals surface area contributed by atoms with Crippen LogP contribution in [0.15, 0.2) is 52.1 Å². The Bertz CT molecular complexity index is 798. The minimum atomic E-state index is -3.45. The quantitative estimate of drug-likeness (QED) is 0.796. The molecule has 1 aliphatic rings. The zero-order chi connectivity index (χ0) is 17.9. The van der Waals surface area contributed by atoms with E-state index in [-0.39, 0.29) is 5.91 Å². The number of benzene rings is 1. The van der Waals surface area contributed by atoms with Crippen molar-refractivity contribution in [1.29, 1.82) is 0 Å². The largest absolute Gasteiger partial charge is 0.481 e. The van der Waals surface area contributed by atoms with Gasteiger partial charge in [0.05, 0.1) is 0 Å². The molecular formula is C17H20N2O4S2. The summed E-state index contributed by atoms with van der Waals surface area (Å²) in [6.07, 6.45) is -0.608. The van der Waals surface area contributed by atoms with Crippen molar-refractivity contribution in [2.24, 2.45) is 0 Å². The molecule has 8 heteroatoms. The lowest BCUT2D eigenvalue weighted by atomic mass is 10.3. The molecule has 1 aromatic carbocycles. The summed E-state index contributed by atoms with van der Waals surface area (Å²) in [5.74, 6) is 0.513. The van der Waals surface area contributed by atoms with E-state index in [1.54, 1.807) is 41.5 Å². The number of thiophene rings is 1. The minimum absolute atomic E-state index is 0.128. The summed E-state index contributed by atoms with van der Waals surface area (Å²) in [4.78, 5) is 14.2. The van der Waals surface area contributed by atoms with Crippen LogP contribution in [0.1, 0.15) is 6.92 Å². The van der Waals surface area contributed by atoms with Crippen molar-refractivity contribution in [3.05, 3.63) is 47.8 Å². The van der Waals surface area contributed by atoms with E-state index >= 15 is 0 Å². The lowest BCUT2D eigenvalue weighted by molar-refractivity contribution is -0.139. The lowest BCUT2D eigenvalue weighted by Gasteiger charge is -2.34. The molecule has 6 nitrogen and oxygen atoms in total. The van der Waals surface area contributed by atoms with E-state index in [4.69, 9.17) is 4.74 Å². The molecule has 0 unspecified atom stereocenters. The first-order valence-electron chi connectivity index (χ1n) is 8.02. The summed E-state index contributed by atoms with van der Waals surface area (Å²) in [7, 11) is -3.45. The third kappa shape index (κ3) is 4.02. The van der Waals surface area contributed by atoms with E-state index in [0.29, 0.717) is 36.1 Å². The van der Waals surface area contributed by atoms with Gasteiger partial charge in [0.15, 0.2) is 6.10 Å². The van der Waals surface area contributed by atoms with Crippen molar-refractivity contribution < 1.29 is 17.9 Å². The Labute approximate surface area is 151 Å². The van der Waals surface area contributed by atoms with Crippen molar-refractivity contribution >= 4 is 27.3 Å². The van der Waals surface area contributed by atoms with Crippen LogP contribution in [0.3, 0.4) is 0 Å². The Morgan fingerprint density at radius 2 is 1.76 bits per heavy atom. The van der Waals surface area contributed by atoms with Crippen molar-refractivity contribution in [2.45, 2.75) is 17.2 Å². The molecule has 1 saturated heterocycles. The molecule has 1 atom stereocenters. The van der Waals surface area contributed by atoms with Crippen LogP contribution in [-0.4, -0.2) is 55.8 Å². The van der Waals surface area contributed by atoms with Gasteiger partial charge in [-0.25, -0.2) is 8.42 Å². The summed E-state index contributed by atoms with van der Waals surface area (Å²) in [5.41, 5.74) is 0. The van der Waals surface area contributed by atoms with E-state index < -0.39 is 16.1 Å². The Morgan fingerprint density at radius 1 is 1.08 bits per heavy atom. The third-order valence-corrected chi connectivity index (χ3v) is 7.32. The summed E-state index contributed by atoms with van der Waals surface area (Å²) in [5, 5.41) is 1.75. The normalized spacial score (nSPS) is 17.2. The number of ether oxygens (including phenoxy) is 1. The second-order valence-corrected chi connectivity index (χ2v) is 8.85. The number of piperazine rings is 1. The van der Waals surface area contributed by atoms with Gasteiger partial charge in [-0.2, -0.15) is 4.31 Å². The van der Waals surface area contributed by atoms with Gasteiger partial charge in [-0.15, -0.1) is 11.3 Å². The van der Waals surface area contributed by atoms with Crippen LogP contribution in [0.4, 0.5) is 0 Å². The van der Waals surface area contributed by atoms with E-state index in [0.717, 1.165) is 0 Å².